The summed E-state index contributed by atoms with van der Waals surface area (Å²) in [6.45, 7) is 0. The van der Waals surface area contributed by atoms with E-state index >= 15 is 0 Å². The first kappa shape index (κ1) is 13.0. The quantitative estimate of drug-likeness (QED) is 0.771. The van der Waals surface area contributed by atoms with Gasteiger partial charge in [0.05, 0.1) is 11.8 Å². The highest BCUT2D eigenvalue weighted by molar-refractivity contribution is 6.06. The number of anilines is 1. The normalized spacial score (nSPS) is 10.7. The number of carbonyl (C=O) groups excluding carboxylic acids is 2. The van der Waals surface area contributed by atoms with E-state index < -0.39 is 5.91 Å². The molecule has 0 aliphatic rings. The highest BCUT2D eigenvalue weighted by atomic mass is 16.3. The van der Waals surface area contributed by atoms with Gasteiger partial charge in [-0.2, -0.15) is 0 Å². The molecular weight excluding hydrogens is 270 g/mol. The van der Waals surface area contributed by atoms with Gasteiger partial charge in [0, 0.05) is 30.4 Å². The molecule has 0 aliphatic heterocycles. The van der Waals surface area contributed by atoms with E-state index in [1.807, 2.05) is 0 Å². The van der Waals surface area contributed by atoms with E-state index in [9.17, 15) is 9.59 Å². The van der Waals surface area contributed by atoms with Crippen LogP contribution in [0, 0.1) is 0 Å². The molecule has 3 rings (SSSR count). The number of furan rings is 1. The van der Waals surface area contributed by atoms with E-state index in [4.69, 9.17) is 10.2 Å². The summed E-state index contributed by atoms with van der Waals surface area (Å²) in [5.74, 6) is -0.826. The number of hydrogen-bond acceptors (Lipinski definition) is 3. The van der Waals surface area contributed by atoms with Gasteiger partial charge in [-0.25, -0.2) is 0 Å². The Morgan fingerprint density at radius 2 is 2.05 bits per heavy atom. The van der Waals surface area contributed by atoms with Gasteiger partial charge in [-0.1, -0.05) is 6.07 Å². The van der Waals surface area contributed by atoms with Gasteiger partial charge in [0.15, 0.2) is 5.58 Å². The molecule has 2 amide bonds. The molecule has 6 nitrogen and oxygen atoms in total. The Balaban J connectivity index is 1.89. The lowest BCUT2D eigenvalue weighted by atomic mass is 10.2. The van der Waals surface area contributed by atoms with Crippen molar-refractivity contribution in [3.8, 4) is 0 Å². The van der Waals surface area contributed by atoms with Crippen LogP contribution in [0.25, 0.3) is 11.1 Å². The Kier molecular flexibility index (Phi) is 2.98. The van der Waals surface area contributed by atoms with Crippen LogP contribution in [0.15, 0.2) is 47.1 Å². The van der Waals surface area contributed by atoms with Gasteiger partial charge < -0.3 is 20.0 Å². The van der Waals surface area contributed by atoms with Crippen LogP contribution in [-0.4, -0.2) is 16.4 Å². The molecular formula is C15H13N3O3. The van der Waals surface area contributed by atoms with Gasteiger partial charge >= 0.3 is 0 Å². The first-order valence-corrected chi connectivity index (χ1v) is 6.30. The van der Waals surface area contributed by atoms with Gasteiger partial charge in [0.1, 0.15) is 5.69 Å². The Hall–Kier alpha value is -3.02. The highest BCUT2D eigenvalue weighted by Crippen LogP contribution is 2.20. The van der Waals surface area contributed by atoms with Crippen molar-refractivity contribution in [2.24, 2.45) is 12.8 Å². The minimum atomic E-state index is -0.539. The van der Waals surface area contributed by atoms with Gasteiger partial charge in [-0.15, -0.1) is 0 Å². The van der Waals surface area contributed by atoms with Crippen molar-refractivity contribution < 1.29 is 14.0 Å². The molecule has 0 spiro atoms. The fourth-order valence-corrected chi connectivity index (χ4v) is 2.21. The predicted octanol–water partition coefficient (Wildman–Crippen LogP) is 2.12. The number of nitrogens with one attached hydrogen (secondary N) is 1. The Bertz CT molecular complexity index is 845. The monoisotopic (exact) mass is 283 g/mol. The first-order valence-electron chi connectivity index (χ1n) is 6.30. The lowest BCUT2D eigenvalue weighted by Crippen LogP contribution is -2.16. The highest BCUT2D eigenvalue weighted by Gasteiger charge is 2.15. The summed E-state index contributed by atoms with van der Waals surface area (Å²) in [6.07, 6.45) is 1.57. The molecule has 0 saturated carbocycles. The van der Waals surface area contributed by atoms with Crippen molar-refractivity contribution in [3.05, 3.63) is 53.9 Å². The number of aromatic nitrogens is 1. The van der Waals surface area contributed by atoms with Crippen LogP contribution < -0.4 is 11.1 Å². The number of nitrogens with two attached hydrogens (primary N) is 1. The zero-order valence-electron chi connectivity index (χ0n) is 11.3. The maximum absolute atomic E-state index is 12.3. The van der Waals surface area contributed by atoms with Crippen LogP contribution in [0.4, 0.5) is 5.69 Å². The fraction of sp³-hybridized carbons (Fsp3) is 0.0667. The lowest BCUT2D eigenvalue weighted by Gasteiger charge is -2.07. The molecule has 3 aromatic rings. The van der Waals surface area contributed by atoms with Crippen molar-refractivity contribution >= 4 is 28.6 Å². The third-order valence-electron chi connectivity index (χ3n) is 3.30. The number of fused-ring (bicyclic) bond motifs is 1. The fourth-order valence-electron chi connectivity index (χ4n) is 2.21. The van der Waals surface area contributed by atoms with Gasteiger partial charge in [-0.05, 0) is 18.2 Å². The third kappa shape index (κ3) is 2.27. The van der Waals surface area contributed by atoms with Crippen molar-refractivity contribution in [2.45, 2.75) is 0 Å². The predicted molar refractivity (Wildman–Crippen MR) is 78.1 cm³/mol. The van der Waals surface area contributed by atoms with E-state index in [-0.39, 0.29) is 5.91 Å². The molecule has 0 aliphatic carbocycles. The number of carbonyl (C=O) groups is 2. The van der Waals surface area contributed by atoms with E-state index in [1.54, 1.807) is 48.2 Å². The standard InChI is InChI=1S/C15H13N3O3/c1-18-11-5-6-21-13(11)8-12(18)15(20)17-10-4-2-3-9(7-10)14(16)19/h2-8H,1H3,(H2,16,19)(H,17,20). The van der Waals surface area contributed by atoms with Crippen molar-refractivity contribution in [2.75, 3.05) is 5.32 Å². The second-order valence-electron chi connectivity index (χ2n) is 4.66. The zero-order valence-corrected chi connectivity index (χ0v) is 11.3. The molecule has 2 aromatic heterocycles. The molecule has 106 valence electrons. The zero-order chi connectivity index (χ0) is 15.0. The molecule has 1 aromatic carbocycles. The second kappa shape index (κ2) is 4.82. The molecule has 0 atom stereocenters. The van der Waals surface area contributed by atoms with Crippen LogP contribution in [0.1, 0.15) is 20.8 Å². The number of nitrogens with zero attached hydrogens (tertiary/aromatic N) is 1. The maximum atomic E-state index is 12.3. The summed E-state index contributed by atoms with van der Waals surface area (Å²) in [5, 5.41) is 2.74. The second-order valence-corrected chi connectivity index (χ2v) is 4.66. The number of primary amides is 1. The molecule has 0 fully saturated rings. The lowest BCUT2D eigenvalue weighted by molar-refractivity contribution is 0.0995. The van der Waals surface area contributed by atoms with Crippen molar-refractivity contribution in [3.63, 3.8) is 0 Å². The van der Waals surface area contributed by atoms with Crippen molar-refractivity contribution in [1.82, 2.24) is 4.57 Å². The summed E-state index contributed by atoms with van der Waals surface area (Å²) >= 11 is 0. The molecule has 0 saturated heterocycles. The molecule has 0 unspecified atom stereocenters. The number of hydrogen-bond donors (Lipinski definition) is 2. The van der Waals surface area contributed by atoms with Gasteiger partial charge in [0.25, 0.3) is 5.91 Å². The van der Waals surface area contributed by atoms with E-state index in [0.29, 0.717) is 22.5 Å². The summed E-state index contributed by atoms with van der Waals surface area (Å²) in [5.41, 5.74) is 8.02. The molecule has 0 radical (unpaired) electrons. The number of aryl methyl sites for hydroxylation is 1. The van der Waals surface area contributed by atoms with Crippen molar-refractivity contribution in [1.29, 1.82) is 0 Å². The maximum Gasteiger partial charge on any atom is 0.272 e. The van der Waals surface area contributed by atoms with E-state index in [1.165, 1.54) is 6.07 Å². The molecule has 6 heteroatoms. The SMILES string of the molecule is Cn1c(C(=O)Nc2cccc(C(N)=O)c2)cc2occc21. The average Bonchev–Trinajstić information content (AvgIpc) is 3.02. The molecule has 0 bridgehead atoms. The molecule has 3 N–H and O–H groups in total. The van der Waals surface area contributed by atoms with Gasteiger partial charge in [0.2, 0.25) is 5.91 Å². The summed E-state index contributed by atoms with van der Waals surface area (Å²) in [4.78, 5) is 23.4. The van der Waals surface area contributed by atoms with Crippen LogP contribution in [0.5, 0.6) is 0 Å². The number of benzene rings is 1. The Morgan fingerprint density at radius 1 is 1.24 bits per heavy atom. The number of amides is 2. The summed E-state index contributed by atoms with van der Waals surface area (Å²) in [7, 11) is 1.78. The van der Waals surface area contributed by atoms with Crippen LogP contribution in [-0.2, 0) is 7.05 Å². The average molecular weight is 283 g/mol. The van der Waals surface area contributed by atoms with Crippen LogP contribution >= 0.6 is 0 Å². The number of rotatable bonds is 3. The summed E-state index contributed by atoms with van der Waals surface area (Å²) in [6, 6.07) is 9.94. The van der Waals surface area contributed by atoms with Crippen LogP contribution in [0.2, 0.25) is 0 Å². The van der Waals surface area contributed by atoms with Crippen LogP contribution in [0.3, 0.4) is 0 Å². The van der Waals surface area contributed by atoms with Gasteiger partial charge in [-0.3, -0.25) is 9.59 Å². The largest absolute Gasteiger partial charge is 0.463 e. The van der Waals surface area contributed by atoms with E-state index in [0.717, 1.165) is 5.52 Å². The smallest absolute Gasteiger partial charge is 0.272 e. The third-order valence-corrected chi connectivity index (χ3v) is 3.30. The van der Waals surface area contributed by atoms with E-state index in [2.05, 4.69) is 5.32 Å². The molecule has 2 heterocycles. The Morgan fingerprint density at radius 3 is 2.76 bits per heavy atom. The Labute approximate surface area is 120 Å². The minimum Gasteiger partial charge on any atom is -0.463 e. The first-order chi connectivity index (χ1) is 10.1. The minimum absolute atomic E-state index is 0.287. The topological polar surface area (TPSA) is 90.3 Å². The molecule has 21 heavy (non-hydrogen) atoms. The summed E-state index contributed by atoms with van der Waals surface area (Å²) < 4.78 is 7.01.